The number of nitrogens with zero attached hydrogens (tertiary/aromatic N) is 2. The summed E-state index contributed by atoms with van der Waals surface area (Å²) in [5.41, 5.74) is 1.32. The number of aryl methyl sites for hydroxylation is 1. The minimum Gasteiger partial charge on any atom is -0.487 e. The first kappa shape index (κ1) is 16.1. The Morgan fingerprint density at radius 1 is 1.32 bits per heavy atom. The molecule has 2 aliphatic rings. The van der Waals surface area contributed by atoms with Crippen molar-refractivity contribution in [1.29, 1.82) is 0 Å². The van der Waals surface area contributed by atoms with Crippen LogP contribution in [0, 0.1) is 6.92 Å². The number of piperidine rings is 1. The molecule has 0 aliphatic carbocycles. The lowest BCUT2D eigenvalue weighted by molar-refractivity contribution is -0.0195. The molecule has 2 aromatic rings. The van der Waals surface area contributed by atoms with Crippen LogP contribution in [0.2, 0.25) is 0 Å². The highest BCUT2D eigenvalue weighted by atomic mass is 16.5. The third-order valence-corrected chi connectivity index (χ3v) is 5.40. The fourth-order valence-electron chi connectivity index (χ4n) is 3.83. The van der Waals surface area contributed by atoms with Crippen LogP contribution in [0.4, 0.5) is 0 Å². The lowest BCUT2D eigenvalue weighted by Gasteiger charge is -2.46. The number of amides is 1. The molecule has 1 spiro atoms. The maximum absolute atomic E-state index is 12.7. The molecule has 1 amide bonds. The third kappa shape index (κ3) is 3.02. The van der Waals surface area contributed by atoms with Crippen molar-refractivity contribution in [2.24, 2.45) is 0 Å². The second-order valence-corrected chi connectivity index (χ2v) is 7.15. The predicted molar refractivity (Wildman–Crippen MR) is 92.6 cm³/mol. The Kier molecular flexibility index (Phi) is 4.00. The molecule has 132 valence electrons. The molecular weight excluding hydrogens is 318 g/mol. The molecule has 2 aliphatic heterocycles. The summed E-state index contributed by atoms with van der Waals surface area (Å²) in [6, 6.07) is 7.92. The average molecular weight is 341 g/mol. The fraction of sp³-hybridized carbons (Fsp3) is 0.474. The average Bonchev–Trinajstić information content (AvgIpc) is 3.04. The summed E-state index contributed by atoms with van der Waals surface area (Å²) >= 11 is 0. The van der Waals surface area contributed by atoms with E-state index in [2.05, 4.69) is 22.4 Å². The van der Waals surface area contributed by atoms with Gasteiger partial charge >= 0.3 is 0 Å². The summed E-state index contributed by atoms with van der Waals surface area (Å²) in [7, 11) is 2.14. The van der Waals surface area contributed by atoms with Crippen molar-refractivity contribution < 1.29 is 14.1 Å². The first-order valence-corrected chi connectivity index (χ1v) is 8.75. The number of benzene rings is 1. The van der Waals surface area contributed by atoms with Crippen LogP contribution in [0.5, 0.6) is 5.75 Å². The molecule has 1 atom stereocenters. The van der Waals surface area contributed by atoms with Gasteiger partial charge in [0, 0.05) is 25.1 Å². The van der Waals surface area contributed by atoms with E-state index in [1.54, 1.807) is 6.92 Å². The van der Waals surface area contributed by atoms with Gasteiger partial charge in [-0.15, -0.1) is 0 Å². The third-order valence-electron chi connectivity index (χ3n) is 5.40. The highest BCUT2D eigenvalue weighted by Gasteiger charge is 2.43. The van der Waals surface area contributed by atoms with Crippen LogP contribution in [-0.2, 0) is 0 Å². The highest BCUT2D eigenvalue weighted by Crippen LogP contribution is 2.44. The van der Waals surface area contributed by atoms with Crippen LogP contribution < -0.4 is 10.1 Å². The Hall–Kier alpha value is -2.34. The van der Waals surface area contributed by atoms with Crippen LogP contribution >= 0.6 is 0 Å². The number of hydrogen-bond donors (Lipinski definition) is 1. The standard InChI is InChI=1S/C19H23N3O3/c1-13-15(12-20-25-13)18(23)21-16-11-19(7-9-22(2)10-8-19)24-17-6-4-3-5-14(16)17/h3-6,12,16H,7-11H2,1-2H3,(H,21,23). The van der Waals surface area contributed by atoms with E-state index in [0.717, 1.165) is 43.7 Å². The first-order valence-electron chi connectivity index (χ1n) is 8.75. The van der Waals surface area contributed by atoms with Gasteiger partial charge in [0.05, 0.1) is 12.2 Å². The Bertz CT molecular complexity index is 778. The summed E-state index contributed by atoms with van der Waals surface area (Å²) in [6.07, 6.45) is 4.20. The van der Waals surface area contributed by atoms with Crippen LogP contribution in [-0.4, -0.2) is 41.7 Å². The van der Waals surface area contributed by atoms with Crippen molar-refractivity contribution in [3.63, 3.8) is 0 Å². The van der Waals surface area contributed by atoms with Crippen molar-refractivity contribution in [2.75, 3.05) is 20.1 Å². The molecule has 6 nitrogen and oxygen atoms in total. The number of rotatable bonds is 2. The van der Waals surface area contributed by atoms with Gasteiger partial charge in [0.25, 0.3) is 5.91 Å². The maximum Gasteiger partial charge on any atom is 0.256 e. The number of likely N-dealkylation sites (tertiary alicyclic amines) is 1. The van der Waals surface area contributed by atoms with Crippen LogP contribution in [0.25, 0.3) is 0 Å². The number of aromatic nitrogens is 1. The lowest BCUT2D eigenvalue weighted by Crippen LogP contribution is -2.51. The SMILES string of the molecule is Cc1oncc1C(=O)NC1CC2(CCN(C)CC2)Oc2ccccc21. The molecule has 1 aromatic heterocycles. The van der Waals surface area contributed by atoms with E-state index in [1.165, 1.54) is 6.20 Å². The van der Waals surface area contributed by atoms with Gasteiger partial charge in [-0.3, -0.25) is 4.79 Å². The number of ether oxygens (including phenoxy) is 1. The normalized spacial score (nSPS) is 22.2. The minimum absolute atomic E-state index is 0.0739. The number of carbonyl (C=O) groups is 1. The zero-order chi connectivity index (χ0) is 17.4. The topological polar surface area (TPSA) is 67.6 Å². The minimum atomic E-state index is -0.206. The Morgan fingerprint density at radius 2 is 2.08 bits per heavy atom. The molecule has 3 heterocycles. The molecule has 6 heteroatoms. The van der Waals surface area contributed by atoms with Gasteiger partial charge in [0.1, 0.15) is 22.7 Å². The number of para-hydroxylation sites is 1. The van der Waals surface area contributed by atoms with E-state index in [0.29, 0.717) is 11.3 Å². The second-order valence-electron chi connectivity index (χ2n) is 7.15. The Labute approximate surface area is 147 Å². The molecule has 1 N–H and O–H groups in total. The predicted octanol–water partition coefficient (Wildman–Crippen LogP) is 2.70. The molecule has 4 rings (SSSR count). The van der Waals surface area contributed by atoms with Gasteiger partial charge in [-0.2, -0.15) is 0 Å². The zero-order valence-corrected chi connectivity index (χ0v) is 14.6. The van der Waals surface area contributed by atoms with Crippen molar-refractivity contribution in [3.8, 4) is 5.75 Å². The monoisotopic (exact) mass is 341 g/mol. The molecule has 1 fully saturated rings. The maximum atomic E-state index is 12.7. The number of carbonyl (C=O) groups excluding carboxylic acids is 1. The van der Waals surface area contributed by atoms with Crippen molar-refractivity contribution in [3.05, 3.63) is 47.3 Å². The largest absolute Gasteiger partial charge is 0.487 e. The van der Waals surface area contributed by atoms with Gasteiger partial charge in [0.15, 0.2) is 0 Å². The quantitative estimate of drug-likeness (QED) is 0.910. The Balaban J connectivity index is 1.61. The van der Waals surface area contributed by atoms with Gasteiger partial charge < -0.3 is 19.5 Å². The molecule has 0 bridgehead atoms. The summed E-state index contributed by atoms with van der Waals surface area (Å²) in [5.74, 6) is 1.26. The van der Waals surface area contributed by atoms with E-state index < -0.39 is 0 Å². The molecular formula is C19H23N3O3. The summed E-state index contributed by atoms with van der Waals surface area (Å²) in [6.45, 7) is 3.76. The first-order chi connectivity index (χ1) is 12.1. The summed E-state index contributed by atoms with van der Waals surface area (Å²) in [5, 5.41) is 6.87. The van der Waals surface area contributed by atoms with E-state index in [9.17, 15) is 4.79 Å². The van der Waals surface area contributed by atoms with Gasteiger partial charge in [-0.1, -0.05) is 23.4 Å². The lowest BCUT2D eigenvalue weighted by atomic mass is 9.80. The smallest absolute Gasteiger partial charge is 0.256 e. The fourth-order valence-corrected chi connectivity index (χ4v) is 3.83. The van der Waals surface area contributed by atoms with Crippen LogP contribution in [0.1, 0.15) is 47.0 Å². The number of fused-ring (bicyclic) bond motifs is 1. The van der Waals surface area contributed by atoms with Gasteiger partial charge in [0.2, 0.25) is 0 Å². The van der Waals surface area contributed by atoms with E-state index in [1.807, 2.05) is 24.3 Å². The molecule has 25 heavy (non-hydrogen) atoms. The van der Waals surface area contributed by atoms with Crippen LogP contribution in [0.3, 0.4) is 0 Å². The van der Waals surface area contributed by atoms with Crippen molar-refractivity contribution in [1.82, 2.24) is 15.4 Å². The van der Waals surface area contributed by atoms with Crippen LogP contribution in [0.15, 0.2) is 35.0 Å². The molecule has 1 unspecified atom stereocenters. The molecule has 0 saturated carbocycles. The second kappa shape index (κ2) is 6.19. The van der Waals surface area contributed by atoms with Gasteiger partial charge in [-0.05, 0) is 32.9 Å². The molecule has 1 saturated heterocycles. The van der Waals surface area contributed by atoms with Gasteiger partial charge in [-0.25, -0.2) is 0 Å². The summed E-state index contributed by atoms with van der Waals surface area (Å²) in [4.78, 5) is 15.0. The Morgan fingerprint density at radius 3 is 2.80 bits per heavy atom. The van der Waals surface area contributed by atoms with Crippen molar-refractivity contribution >= 4 is 5.91 Å². The van der Waals surface area contributed by atoms with Crippen molar-refractivity contribution in [2.45, 2.75) is 37.8 Å². The van der Waals surface area contributed by atoms with E-state index in [4.69, 9.17) is 9.26 Å². The van der Waals surface area contributed by atoms with E-state index >= 15 is 0 Å². The van der Waals surface area contributed by atoms with E-state index in [-0.39, 0.29) is 17.6 Å². The zero-order valence-electron chi connectivity index (χ0n) is 14.6. The molecule has 0 radical (unpaired) electrons. The highest BCUT2D eigenvalue weighted by molar-refractivity contribution is 5.95. The number of hydrogen-bond acceptors (Lipinski definition) is 5. The number of nitrogens with one attached hydrogen (secondary N) is 1. The summed E-state index contributed by atoms with van der Waals surface area (Å²) < 4.78 is 11.5. The molecule has 1 aromatic carbocycles.